The zero-order valence-corrected chi connectivity index (χ0v) is 12.2. The molecule has 1 atom stereocenters. The monoisotopic (exact) mass is 305 g/mol. The summed E-state index contributed by atoms with van der Waals surface area (Å²) in [6.07, 6.45) is 3.33. The fraction of sp³-hybridized carbons (Fsp3) is 0.333. The van der Waals surface area contributed by atoms with E-state index < -0.39 is 11.9 Å². The third-order valence-electron chi connectivity index (χ3n) is 3.94. The Kier molecular flexibility index (Phi) is 3.59. The second kappa shape index (κ2) is 5.41. The molecule has 3 rings (SSSR count). The number of primary amides is 1. The van der Waals surface area contributed by atoms with Gasteiger partial charge in [0.1, 0.15) is 12.6 Å². The predicted molar refractivity (Wildman–Crippen MR) is 80.9 cm³/mol. The molecule has 2 amide bonds. The number of aromatic nitrogens is 1. The molecule has 0 bridgehead atoms. The van der Waals surface area contributed by atoms with Crippen molar-refractivity contribution >= 4 is 34.3 Å². The molecule has 21 heavy (non-hydrogen) atoms. The first-order chi connectivity index (χ1) is 10.1. The molecule has 1 aliphatic heterocycles. The minimum atomic E-state index is -0.464. The van der Waals surface area contributed by atoms with Crippen LogP contribution in [0.5, 0.6) is 0 Å². The smallest absolute Gasteiger partial charge is 0.243 e. The molecule has 1 saturated heterocycles. The lowest BCUT2D eigenvalue weighted by molar-refractivity contribution is -0.137. The van der Waals surface area contributed by atoms with Gasteiger partial charge in [0.05, 0.1) is 0 Å². The highest BCUT2D eigenvalue weighted by Gasteiger charge is 2.32. The van der Waals surface area contributed by atoms with Gasteiger partial charge in [0.15, 0.2) is 0 Å². The SMILES string of the molecule is NC(=O)[C@@H]1CCCN1C(=O)Cn1ccc2cc(Cl)ccc21. The number of benzene rings is 1. The van der Waals surface area contributed by atoms with Crippen LogP contribution in [0.25, 0.3) is 10.9 Å². The topological polar surface area (TPSA) is 68.3 Å². The molecule has 0 unspecified atom stereocenters. The van der Waals surface area contributed by atoms with Gasteiger partial charge in [-0.05, 0) is 37.1 Å². The molecule has 0 spiro atoms. The van der Waals surface area contributed by atoms with Crippen LogP contribution >= 0.6 is 11.6 Å². The zero-order valence-electron chi connectivity index (χ0n) is 11.5. The maximum absolute atomic E-state index is 12.4. The number of hydrogen-bond acceptors (Lipinski definition) is 2. The number of fused-ring (bicyclic) bond motifs is 1. The Hall–Kier alpha value is -2.01. The highest BCUT2D eigenvalue weighted by atomic mass is 35.5. The van der Waals surface area contributed by atoms with E-state index in [1.807, 2.05) is 29.0 Å². The molecule has 5 nitrogen and oxygen atoms in total. The molecule has 110 valence electrons. The third-order valence-corrected chi connectivity index (χ3v) is 4.18. The molecule has 0 radical (unpaired) electrons. The summed E-state index contributed by atoms with van der Waals surface area (Å²) < 4.78 is 1.87. The van der Waals surface area contributed by atoms with Gasteiger partial charge in [0.2, 0.25) is 11.8 Å². The number of hydrogen-bond donors (Lipinski definition) is 1. The molecular formula is C15H16ClN3O2. The first kappa shape index (κ1) is 13.9. The van der Waals surface area contributed by atoms with Crippen LogP contribution in [0.2, 0.25) is 5.02 Å². The van der Waals surface area contributed by atoms with Gasteiger partial charge in [-0.1, -0.05) is 11.6 Å². The second-order valence-electron chi connectivity index (χ2n) is 5.29. The lowest BCUT2D eigenvalue weighted by Gasteiger charge is -2.22. The average molecular weight is 306 g/mol. The highest BCUT2D eigenvalue weighted by molar-refractivity contribution is 6.31. The lowest BCUT2D eigenvalue weighted by Crippen LogP contribution is -2.44. The number of nitrogens with zero attached hydrogens (tertiary/aromatic N) is 2. The molecule has 2 heterocycles. The first-order valence-corrected chi connectivity index (χ1v) is 7.27. The Morgan fingerprint density at radius 1 is 1.33 bits per heavy atom. The molecule has 1 aliphatic rings. The lowest BCUT2D eigenvalue weighted by atomic mass is 10.2. The highest BCUT2D eigenvalue weighted by Crippen LogP contribution is 2.22. The van der Waals surface area contributed by atoms with Crippen molar-refractivity contribution in [2.75, 3.05) is 6.54 Å². The minimum Gasteiger partial charge on any atom is -0.368 e. The molecule has 2 N–H and O–H groups in total. The van der Waals surface area contributed by atoms with E-state index in [1.165, 1.54) is 0 Å². The van der Waals surface area contributed by atoms with Crippen molar-refractivity contribution in [3.63, 3.8) is 0 Å². The van der Waals surface area contributed by atoms with Gasteiger partial charge in [-0.2, -0.15) is 0 Å². The number of amides is 2. The van der Waals surface area contributed by atoms with Gasteiger partial charge in [-0.15, -0.1) is 0 Å². The van der Waals surface area contributed by atoms with Crippen molar-refractivity contribution in [1.29, 1.82) is 0 Å². The summed E-state index contributed by atoms with van der Waals surface area (Å²) in [6, 6.07) is 7.01. The third kappa shape index (κ3) is 2.61. The van der Waals surface area contributed by atoms with Crippen LogP contribution < -0.4 is 5.73 Å². The maximum Gasteiger partial charge on any atom is 0.243 e. The van der Waals surface area contributed by atoms with Crippen LogP contribution in [0.1, 0.15) is 12.8 Å². The van der Waals surface area contributed by atoms with E-state index >= 15 is 0 Å². The Labute approximate surface area is 127 Å². The maximum atomic E-state index is 12.4. The van der Waals surface area contributed by atoms with Crippen LogP contribution in [0, 0.1) is 0 Å². The number of nitrogens with two attached hydrogens (primary N) is 1. The number of rotatable bonds is 3. The summed E-state index contributed by atoms with van der Waals surface area (Å²) in [5.74, 6) is -0.506. The number of likely N-dealkylation sites (tertiary alicyclic amines) is 1. The Balaban J connectivity index is 1.82. The van der Waals surface area contributed by atoms with E-state index in [2.05, 4.69) is 0 Å². The summed E-state index contributed by atoms with van der Waals surface area (Å²) in [6.45, 7) is 0.798. The van der Waals surface area contributed by atoms with Crippen molar-refractivity contribution in [3.05, 3.63) is 35.5 Å². The van der Waals surface area contributed by atoms with Crippen molar-refractivity contribution in [2.45, 2.75) is 25.4 Å². The fourth-order valence-electron chi connectivity index (χ4n) is 2.91. The fourth-order valence-corrected chi connectivity index (χ4v) is 3.09. The predicted octanol–water partition coefficient (Wildman–Crippen LogP) is 1.77. The Morgan fingerprint density at radius 2 is 2.14 bits per heavy atom. The molecule has 0 aliphatic carbocycles. The van der Waals surface area contributed by atoms with Crippen LogP contribution in [-0.2, 0) is 16.1 Å². The van der Waals surface area contributed by atoms with Crippen LogP contribution in [0.3, 0.4) is 0 Å². The summed E-state index contributed by atoms with van der Waals surface area (Å²) in [4.78, 5) is 25.4. The molecule has 1 fully saturated rings. The Morgan fingerprint density at radius 3 is 2.90 bits per heavy atom. The van der Waals surface area contributed by atoms with E-state index in [1.54, 1.807) is 11.0 Å². The Bertz CT molecular complexity index is 710. The van der Waals surface area contributed by atoms with Crippen molar-refractivity contribution in [2.24, 2.45) is 5.73 Å². The van der Waals surface area contributed by atoms with E-state index in [0.717, 1.165) is 17.3 Å². The van der Waals surface area contributed by atoms with Crippen molar-refractivity contribution < 1.29 is 9.59 Å². The summed E-state index contributed by atoms with van der Waals surface area (Å²) in [7, 11) is 0. The van der Waals surface area contributed by atoms with Crippen molar-refractivity contribution in [1.82, 2.24) is 9.47 Å². The molecule has 2 aromatic rings. The van der Waals surface area contributed by atoms with E-state index in [0.29, 0.717) is 18.0 Å². The number of carbonyl (C=O) groups is 2. The molecule has 1 aromatic carbocycles. The number of halogens is 1. The van der Waals surface area contributed by atoms with Gasteiger partial charge in [-0.3, -0.25) is 9.59 Å². The average Bonchev–Trinajstić information content (AvgIpc) is 3.05. The van der Waals surface area contributed by atoms with Gasteiger partial charge in [0.25, 0.3) is 0 Å². The largest absolute Gasteiger partial charge is 0.368 e. The van der Waals surface area contributed by atoms with Crippen LogP contribution in [0.4, 0.5) is 0 Å². The summed E-state index contributed by atoms with van der Waals surface area (Å²) in [5, 5.41) is 1.66. The minimum absolute atomic E-state index is 0.0799. The van der Waals surface area contributed by atoms with Gasteiger partial charge >= 0.3 is 0 Å². The zero-order chi connectivity index (χ0) is 15.0. The van der Waals surface area contributed by atoms with E-state index in [9.17, 15) is 9.59 Å². The van der Waals surface area contributed by atoms with E-state index in [4.69, 9.17) is 17.3 Å². The second-order valence-corrected chi connectivity index (χ2v) is 5.73. The molecule has 6 heteroatoms. The standard InChI is InChI=1S/C15H16ClN3O2/c16-11-3-4-12-10(8-11)5-7-18(12)9-14(20)19-6-1-2-13(19)15(17)21/h3-5,7-8,13H,1-2,6,9H2,(H2,17,21)/t13-/m0/s1. The van der Waals surface area contributed by atoms with Crippen LogP contribution in [0.15, 0.2) is 30.5 Å². The van der Waals surface area contributed by atoms with Gasteiger partial charge in [-0.25, -0.2) is 0 Å². The summed E-state index contributed by atoms with van der Waals surface area (Å²) >= 11 is 5.96. The first-order valence-electron chi connectivity index (χ1n) is 6.89. The van der Waals surface area contributed by atoms with E-state index in [-0.39, 0.29) is 12.5 Å². The van der Waals surface area contributed by atoms with Gasteiger partial charge < -0.3 is 15.2 Å². The van der Waals surface area contributed by atoms with Crippen LogP contribution in [-0.4, -0.2) is 33.9 Å². The van der Waals surface area contributed by atoms with Crippen molar-refractivity contribution in [3.8, 4) is 0 Å². The molecule has 1 aromatic heterocycles. The molecule has 0 saturated carbocycles. The van der Waals surface area contributed by atoms with Gasteiger partial charge in [0, 0.05) is 28.7 Å². The normalized spacial score (nSPS) is 18.3. The molecular weight excluding hydrogens is 290 g/mol. The number of carbonyl (C=O) groups excluding carboxylic acids is 2. The quantitative estimate of drug-likeness (QED) is 0.939. The summed E-state index contributed by atoms with van der Waals surface area (Å²) in [5.41, 5.74) is 6.30.